The number of hydrogen-bond donors (Lipinski definition) is 1. The van der Waals surface area contributed by atoms with E-state index >= 15 is 0 Å². The summed E-state index contributed by atoms with van der Waals surface area (Å²) in [5.41, 5.74) is 0.161. The Morgan fingerprint density at radius 3 is 2.47 bits per heavy atom. The molecule has 0 bridgehead atoms. The molecule has 0 spiro atoms. The lowest BCUT2D eigenvalue weighted by Crippen LogP contribution is -2.09. The van der Waals surface area contributed by atoms with Gasteiger partial charge >= 0.3 is 0 Å². The maximum absolute atomic E-state index is 14.1. The summed E-state index contributed by atoms with van der Waals surface area (Å²) in [7, 11) is -2.45. The molecule has 1 N–H and O–H groups in total. The van der Waals surface area contributed by atoms with Crippen molar-refractivity contribution in [3.8, 4) is 5.75 Å². The third-order valence-corrected chi connectivity index (χ3v) is 3.61. The Balaban J connectivity index is 3.55. The van der Waals surface area contributed by atoms with Crippen LogP contribution in [0.25, 0.3) is 0 Å². The quantitative estimate of drug-likeness (QED) is 0.889. The lowest BCUT2D eigenvalue weighted by Gasteiger charge is -2.14. The second kappa shape index (κ2) is 5.01. The van der Waals surface area contributed by atoms with Crippen LogP contribution in [0, 0.1) is 5.82 Å². The molecule has 1 aromatic rings. The first kappa shape index (κ1) is 13.9. The van der Waals surface area contributed by atoms with Crippen LogP contribution in [0.15, 0.2) is 17.0 Å². The van der Waals surface area contributed by atoms with Crippen LogP contribution in [0.5, 0.6) is 5.75 Å². The van der Waals surface area contributed by atoms with Crippen LogP contribution < -0.4 is 4.74 Å². The molecule has 0 heterocycles. The summed E-state index contributed by atoms with van der Waals surface area (Å²) >= 11 is 0. The molecule has 0 saturated heterocycles. The van der Waals surface area contributed by atoms with E-state index in [0.717, 1.165) is 6.26 Å². The first-order chi connectivity index (χ1) is 7.82. The Morgan fingerprint density at radius 1 is 1.47 bits per heavy atom. The zero-order valence-corrected chi connectivity index (χ0v) is 10.7. The van der Waals surface area contributed by atoms with Crippen LogP contribution in [-0.4, -0.2) is 33.5 Å². The largest absolute Gasteiger partial charge is 0.495 e. The van der Waals surface area contributed by atoms with Gasteiger partial charge in [-0.3, -0.25) is 0 Å². The van der Waals surface area contributed by atoms with Gasteiger partial charge in [-0.05, 0) is 11.6 Å². The Bertz CT molecular complexity index is 510. The minimum Gasteiger partial charge on any atom is -0.495 e. The Kier molecular flexibility index (Phi) is 4.11. The molecule has 1 unspecified atom stereocenters. The highest BCUT2D eigenvalue weighted by atomic mass is 32.2. The highest BCUT2D eigenvalue weighted by Gasteiger charge is 2.24. The second-order valence-corrected chi connectivity index (χ2v) is 5.81. The van der Waals surface area contributed by atoms with Crippen LogP contribution in [0.3, 0.4) is 0 Å². The summed E-state index contributed by atoms with van der Waals surface area (Å²) in [6.07, 6.45) is 0.918. The van der Waals surface area contributed by atoms with Crippen molar-refractivity contribution in [1.82, 2.24) is 0 Å². The Hall–Kier alpha value is -1.14. The van der Waals surface area contributed by atoms with E-state index in [9.17, 15) is 12.8 Å². The van der Waals surface area contributed by atoms with E-state index in [1.807, 2.05) is 0 Å². The molecule has 0 fully saturated rings. The van der Waals surface area contributed by atoms with Gasteiger partial charge in [0.05, 0.1) is 7.11 Å². The maximum atomic E-state index is 14.1. The van der Waals surface area contributed by atoms with Gasteiger partial charge in [-0.1, -0.05) is 13.0 Å². The smallest absolute Gasteiger partial charge is 0.182 e. The monoisotopic (exact) mass is 262 g/mol. The van der Waals surface area contributed by atoms with Gasteiger partial charge in [0, 0.05) is 18.8 Å². The fourth-order valence-corrected chi connectivity index (χ4v) is 2.50. The van der Waals surface area contributed by atoms with Gasteiger partial charge in [-0.15, -0.1) is 0 Å². The van der Waals surface area contributed by atoms with Gasteiger partial charge in [-0.25, -0.2) is 12.8 Å². The molecule has 96 valence electrons. The van der Waals surface area contributed by atoms with Crippen molar-refractivity contribution in [2.45, 2.75) is 17.7 Å². The molecule has 1 atom stereocenters. The van der Waals surface area contributed by atoms with Crippen molar-refractivity contribution in [3.63, 3.8) is 0 Å². The average Bonchev–Trinajstić information content (AvgIpc) is 2.25. The van der Waals surface area contributed by atoms with Crippen LogP contribution in [0.1, 0.15) is 18.4 Å². The SMILES string of the molecule is COc1ccc(C(C)CO)c(F)c1S(C)(=O)=O. The predicted molar refractivity (Wildman–Crippen MR) is 61.6 cm³/mol. The predicted octanol–water partition coefficient (Wildman–Crippen LogP) is 1.33. The molecule has 0 aliphatic heterocycles. The van der Waals surface area contributed by atoms with Gasteiger partial charge < -0.3 is 9.84 Å². The lowest BCUT2D eigenvalue weighted by atomic mass is 10.0. The van der Waals surface area contributed by atoms with Gasteiger partial charge in [-0.2, -0.15) is 0 Å². The molecular formula is C11H15FO4S. The molecule has 17 heavy (non-hydrogen) atoms. The lowest BCUT2D eigenvalue weighted by molar-refractivity contribution is 0.269. The molecule has 6 heteroatoms. The fourth-order valence-electron chi connectivity index (χ4n) is 1.54. The minimum absolute atomic E-state index is 0.0288. The average molecular weight is 262 g/mol. The Morgan fingerprint density at radius 2 is 2.06 bits per heavy atom. The van der Waals surface area contributed by atoms with Crippen LogP contribution in [0.4, 0.5) is 4.39 Å². The zero-order valence-electron chi connectivity index (χ0n) is 9.90. The summed E-state index contributed by atoms with van der Waals surface area (Å²) in [6, 6.07) is 2.81. The number of ether oxygens (including phenoxy) is 1. The number of halogens is 1. The van der Waals surface area contributed by atoms with E-state index in [1.54, 1.807) is 6.92 Å². The molecule has 0 aliphatic rings. The summed E-state index contributed by atoms with van der Waals surface area (Å²) < 4.78 is 42.0. The molecule has 0 amide bonds. The topological polar surface area (TPSA) is 63.6 Å². The third-order valence-electron chi connectivity index (χ3n) is 2.49. The van der Waals surface area contributed by atoms with Crippen LogP contribution in [0.2, 0.25) is 0 Å². The highest BCUT2D eigenvalue weighted by Crippen LogP contribution is 2.31. The number of benzene rings is 1. The number of aliphatic hydroxyl groups is 1. The van der Waals surface area contributed by atoms with E-state index in [2.05, 4.69) is 0 Å². The van der Waals surface area contributed by atoms with E-state index in [0.29, 0.717) is 0 Å². The second-order valence-electron chi connectivity index (χ2n) is 3.86. The van der Waals surface area contributed by atoms with E-state index < -0.39 is 26.5 Å². The number of aliphatic hydroxyl groups excluding tert-OH is 1. The van der Waals surface area contributed by atoms with E-state index in [1.165, 1.54) is 19.2 Å². The summed E-state index contributed by atoms with van der Waals surface area (Å²) in [6.45, 7) is 1.35. The van der Waals surface area contributed by atoms with Crippen LogP contribution >= 0.6 is 0 Å². The zero-order chi connectivity index (χ0) is 13.2. The normalized spacial score (nSPS) is 13.5. The van der Waals surface area contributed by atoms with Crippen LogP contribution in [-0.2, 0) is 9.84 Å². The molecule has 0 aromatic heterocycles. The number of sulfone groups is 1. The molecular weight excluding hydrogens is 247 g/mol. The standard InChI is InChI=1S/C11H15FO4S/c1-7(6-13)8-4-5-9(16-2)11(10(8)12)17(3,14)15/h4-5,7,13H,6H2,1-3H3. The highest BCUT2D eigenvalue weighted by molar-refractivity contribution is 7.90. The maximum Gasteiger partial charge on any atom is 0.182 e. The van der Waals surface area contributed by atoms with Gasteiger partial charge in [0.1, 0.15) is 16.5 Å². The third kappa shape index (κ3) is 2.76. The molecule has 0 aliphatic carbocycles. The molecule has 4 nitrogen and oxygen atoms in total. The van der Waals surface area contributed by atoms with Crippen molar-refractivity contribution in [2.75, 3.05) is 20.0 Å². The summed E-state index contributed by atoms with van der Waals surface area (Å²) in [4.78, 5) is -0.460. The first-order valence-corrected chi connectivity index (χ1v) is 6.89. The van der Waals surface area contributed by atoms with Gasteiger partial charge in [0.2, 0.25) is 0 Å². The van der Waals surface area contributed by atoms with Crippen molar-refractivity contribution in [3.05, 3.63) is 23.5 Å². The van der Waals surface area contributed by atoms with Gasteiger partial charge in [0.25, 0.3) is 0 Å². The summed E-state index contributed by atoms with van der Waals surface area (Å²) in [5.74, 6) is -1.35. The molecule has 1 aromatic carbocycles. The van der Waals surface area contributed by atoms with Crippen molar-refractivity contribution < 1.29 is 22.7 Å². The van der Waals surface area contributed by atoms with Gasteiger partial charge in [0.15, 0.2) is 9.84 Å². The minimum atomic E-state index is -3.72. The fraction of sp³-hybridized carbons (Fsp3) is 0.455. The van der Waals surface area contributed by atoms with E-state index in [-0.39, 0.29) is 17.9 Å². The van der Waals surface area contributed by atoms with Crippen molar-refractivity contribution in [2.24, 2.45) is 0 Å². The number of rotatable bonds is 4. The van der Waals surface area contributed by atoms with Crippen molar-refractivity contribution >= 4 is 9.84 Å². The number of hydrogen-bond acceptors (Lipinski definition) is 4. The van der Waals surface area contributed by atoms with Crippen molar-refractivity contribution in [1.29, 1.82) is 0 Å². The Labute approximate surface area is 100.0 Å². The molecule has 1 rings (SSSR count). The molecule has 0 saturated carbocycles. The first-order valence-electron chi connectivity index (χ1n) is 5.00. The van der Waals surface area contributed by atoms with E-state index in [4.69, 9.17) is 9.84 Å². The molecule has 0 radical (unpaired) electrons. The summed E-state index contributed by atoms with van der Waals surface area (Å²) in [5, 5.41) is 8.99. The number of methoxy groups -OCH3 is 1.